The third-order valence-electron chi connectivity index (χ3n) is 5.49. The van der Waals surface area contributed by atoms with Gasteiger partial charge in [0.25, 0.3) is 5.91 Å². The number of benzene rings is 2. The molecule has 162 valence electrons. The van der Waals surface area contributed by atoms with E-state index in [1.54, 1.807) is 24.4 Å². The van der Waals surface area contributed by atoms with E-state index < -0.39 is 15.9 Å². The summed E-state index contributed by atoms with van der Waals surface area (Å²) in [7, 11) is -3.72. The summed E-state index contributed by atoms with van der Waals surface area (Å²) in [5, 5.41) is 3.81. The number of nitrogens with one attached hydrogen (secondary N) is 1. The number of hydrogen-bond acceptors (Lipinski definition) is 5. The first-order valence-electron chi connectivity index (χ1n) is 10.1. The number of rotatable bonds is 5. The van der Waals surface area contributed by atoms with E-state index in [0.29, 0.717) is 31.9 Å². The normalized spacial score (nSPS) is 15.8. The van der Waals surface area contributed by atoms with Crippen molar-refractivity contribution in [3.05, 3.63) is 65.3 Å². The van der Waals surface area contributed by atoms with Crippen LogP contribution in [0.2, 0.25) is 5.02 Å². The minimum absolute atomic E-state index is 0.0617. The first-order valence-corrected chi connectivity index (χ1v) is 11.9. The maximum Gasteiger partial charge on any atom is 0.257 e. The molecule has 31 heavy (non-hydrogen) atoms. The minimum Gasteiger partial charge on any atom is -0.321 e. The van der Waals surface area contributed by atoms with Crippen LogP contribution in [0, 0.1) is 0 Å². The van der Waals surface area contributed by atoms with Gasteiger partial charge in [-0.2, -0.15) is 4.31 Å². The second kappa shape index (κ2) is 8.92. The molecule has 1 aromatic heterocycles. The zero-order chi connectivity index (χ0) is 22.0. The van der Waals surface area contributed by atoms with E-state index >= 15 is 0 Å². The molecule has 9 heteroatoms. The van der Waals surface area contributed by atoms with Gasteiger partial charge in [-0.1, -0.05) is 24.6 Å². The Morgan fingerprint density at radius 2 is 1.87 bits per heavy atom. The van der Waals surface area contributed by atoms with Crippen LogP contribution < -0.4 is 5.32 Å². The Kier molecular flexibility index (Phi) is 6.24. The highest BCUT2D eigenvalue weighted by Gasteiger charge is 2.29. The average Bonchev–Trinajstić information content (AvgIpc) is 2.79. The lowest BCUT2D eigenvalue weighted by Crippen LogP contribution is -2.48. The molecular formula is C22H23ClN4O3S. The monoisotopic (exact) mass is 458 g/mol. The highest BCUT2D eigenvalue weighted by atomic mass is 35.5. The van der Waals surface area contributed by atoms with Crippen molar-refractivity contribution < 1.29 is 13.2 Å². The molecule has 3 aromatic rings. The average molecular weight is 459 g/mol. The summed E-state index contributed by atoms with van der Waals surface area (Å²) in [5.74, 6) is -0.478. The van der Waals surface area contributed by atoms with Crippen LogP contribution in [0.15, 0.2) is 59.6 Å². The van der Waals surface area contributed by atoms with Gasteiger partial charge in [0, 0.05) is 37.8 Å². The third-order valence-corrected chi connectivity index (χ3v) is 7.72. The van der Waals surface area contributed by atoms with Crippen LogP contribution in [-0.4, -0.2) is 61.2 Å². The van der Waals surface area contributed by atoms with Crippen LogP contribution in [0.5, 0.6) is 0 Å². The number of pyridine rings is 1. The van der Waals surface area contributed by atoms with Crippen molar-refractivity contribution in [2.24, 2.45) is 0 Å². The molecular weight excluding hydrogens is 436 g/mol. The Labute approximate surface area is 186 Å². The van der Waals surface area contributed by atoms with Crippen molar-refractivity contribution in [3.63, 3.8) is 0 Å². The highest BCUT2D eigenvalue weighted by molar-refractivity contribution is 7.89. The van der Waals surface area contributed by atoms with Crippen LogP contribution in [0.4, 0.5) is 5.69 Å². The summed E-state index contributed by atoms with van der Waals surface area (Å²) >= 11 is 6.26. The Morgan fingerprint density at radius 1 is 1.10 bits per heavy atom. The number of likely N-dealkylation sites (N-methyl/N-ethyl adjacent to an activating group) is 1. The lowest BCUT2D eigenvalue weighted by atomic mass is 10.1. The largest absolute Gasteiger partial charge is 0.321 e. The second-order valence-electron chi connectivity index (χ2n) is 7.31. The predicted molar refractivity (Wildman–Crippen MR) is 122 cm³/mol. The van der Waals surface area contributed by atoms with Crippen molar-refractivity contribution in [1.29, 1.82) is 0 Å². The number of aromatic nitrogens is 1. The lowest BCUT2D eigenvalue weighted by Gasteiger charge is -2.33. The molecule has 1 aliphatic heterocycles. The molecule has 0 aliphatic carbocycles. The molecule has 0 saturated carbocycles. The molecule has 2 heterocycles. The van der Waals surface area contributed by atoms with Crippen molar-refractivity contribution in [2.75, 3.05) is 38.0 Å². The fourth-order valence-electron chi connectivity index (χ4n) is 3.68. The van der Waals surface area contributed by atoms with E-state index in [0.717, 1.165) is 17.4 Å². The number of piperazine rings is 1. The summed E-state index contributed by atoms with van der Waals surface area (Å²) in [6.07, 6.45) is 1.68. The van der Waals surface area contributed by atoms with Gasteiger partial charge in [0.15, 0.2) is 0 Å². The molecule has 1 N–H and O–H groups in total. The van der Waals surface area contributed by atoms with Gasteiger partial charge in [-0.15, -0.1) is 0 Å². The summed E-state index contributed by atoms with van der Waals surface area (Å²) in [6, 6.07) is 13.3. The number of carbonyl (C=O) groups excluding carboxylic acids is 1. The number of amides is 1. The molecule has 2 aromatic carbocycles. The molecule has 1 amide bonds. The summed E-state index contributed by atoms with van der Waals surface area (Å²) < 4.78 is 27.7. The maximum atomic E-state index is 13.1. The van der Waals surface area contributed by atoms with Gasteiger partial charge in [-0.25, -0.2) is 8.42 Å². The Balaban J connectivity index is 1.61. The summed E-state index contributed by atoms with van der Waals surface area (Å²) in [4.78, 5) is 19.5. The van der Waals surface area contributed by atoms with Crippen LogP contribution in [0.25, 0.3) is 10.9 Å². The molecule has 0 bridgehead atoms. The molecule has 0 atom stereocenters. The van der Waals surface area contributed by atoms with E-state index in [4.69, 9.17) is 11.6 Å². The van der Waals surface area contributed by atoms with Crippen LogP contribution >= 0.6 is 11.6 Å². The third kappa shape index (κ3) is 4.43. The number of anilines is 1. The first-order chi connectivity index (χ1) is 14.9. The van der Waals surface area contributed by atoms with Gasteiger partial charge in [0.05, 0.1) is 26.7 Å². The van der Waals surface area contributed by atoms with Crippen LogP contribution in [0.1, 0.15) is 17.3 Å². The van der Waals surface area contributed by atoms with E-state index in [1.165, 1.54) is 22.5 Å². The molecule has 0 unspecified atom stereocenters. The zero-order valence-corrected chi connectivity index (χ0v) is 18.7. The number of carbonyl (C=O) groups is 1. The van der Waals surface area contributed by atoms with Gasteiger partial charge in [-0.05, 0) is 49.0 Å². The van der Waals surface area contributed by atoms with Crippen LogP contribution in [-0.2, 0) is 10.0 Å². The van der Waals surface area contributed by atoms with E-state index in [1.807, 2.05) is 12.1 Å². The quantitative estimate of drug-likeness (QED) is 0.633. The molecule has 0 radical (unpaired) electrons. The van der Waals surface area contributed by atoms with Gasteiger partial charge < -0.3 is 10.2 Å². The summed E-state index contributed by atoms with van der Waals surface area (Å²) in [6.45, 7) is 5.16. The van der Waals surface area contributed by atoms with E-state index in [-0.39, 0.29) is 15.5 Å². The Hall–Kier alpha value is -2.52. The van der Waals surface area contributed by atoms with Gasteiger partial charge in [-0.3, -0.25) is 9.78 Å². The van der Waals surface area contributed by atoms with Crippen molar-refractivity contribution in [2.45, 2.75) is 11.8 Å². The number of halogens is 1. The molecule has 7 nitrogen and oxygen atoms in total. The van der Waals surface area contributed by atoms with E-state index in [2.05, 4.69) is 22.1 Å². The topological polar surface area (TPSA) is 82.6 Å². The predicted octanol–water partition coefficient (Wildman–Crippen LogP) is 3.47. The number of nitrogens with zero attached hydrogens (tertiary/aromatic N) is 3. The highest BCUT2D eigenvalue weighted by Crippen LogP contribution is 2.26. The Bertz CT molecular complexity index is 1220. The fraction of sp³-hybridized carbons (Fsp3) is 0.273. The molecule has 4 rings (SSSR count). The Morgan fingerprint density at radius 3 is 2.61 bits per heavy atom. The molecule has 1 aliphatic rings. The number of sulfonamides is 1. The molecule has 1 saturated heterocycles. The minimum atomic E-state index is -3.72. The molecule has 0 spiro atoms. The standard InChI is InChI=1S/C22H23ClN4O3S/c1-2-26-11-13-27(14-12-26)31(29,30)16-8-9-19(23)18(15-16)22(28)25-21-7-3-6-20-17(21)5-4-10-24-20/h3-10,15H,2,11-14H2,1H3,(H,25,28). The lowest BCUT2D eigenvalue weighted by molar-refractivity contribution is 0.102. The van der Waals surface area contributed by atoms with Crippen molar-refractivity contribution in [3.8, 4) is 0 Å². The first kappa shape index (κ1) is 21.7. The van der Waals surface area contributed by atoms with Crippen molar-refractivity contribution in [1.82, 2.24) is 14.2 Å². The molecule has 1 fully saturated rings. The fourth-order valence-corrected chi connectivity index (χ4v) is 5.33. The van der Waals surface area contributed by atoms with Gasteiger partial charge >= 0.3 is 0 Å². The van der Waals surface area contributed by atoms with E-state index in [9.17, 15) is 13.2 Å². The maximum absolute atomic E-state index is 13.1. The number of hydrogen-bond donors (Lipinski definition) is 1. The van der Waals surface area contributed by atoms with Crippen molar-refractivity contribution >= 4 is 44.1 Å². The van der Waals surface area contributed by atoms with Gasteiger partial charge in [0.2, 0.25) is 10.0 Å². The smallest absolute Gasteiger partial charge is 0.257 e. The zero-order valence-electron chi connectivity index (χ0n) is 17.1. The van der Waals surface area contributed by atoms with Crippen LogP contribution in [0.3, 0.4) is 0 Å². The number of fused-ring (bicyclic) bond motifs is 1. The van der Waals surface area contributed by atoms with Gasteiger partial charge in [0.1, 0.15) is 0 Å². The summed E-state index contributed by atoms with van der Waals surface area (Å²) in [5.41, 5.74) is 1.43. The second-order valence-corrected chi connectivity index (χ2v) is 9.65. The SMILES string of the molecule is CCN1CCN(S(=O)(=O)c2ccc(Cl)c(C(=O)Nc3cccc4ncccc34)c2)CC1.